The second-order valence-corrected chi connectivity index (χ2v) is 7.85. The van der Waals surface area contributed by atoms with Gasteiger partial charge in [0.05, 0.1) is 6.04 Å². The lowest BCUT2D eigenvalue weighted by Crippen LogP contribution is -2.47. The van der Waals surface area contributed by atoms with Gasteiger partial charge in [0.15, 0.2) is 10.9 Å². The molecule has 0 fully saturated rings. The third-order valence-electron chi connectivity index (χ3n) is 4.45. The van der Waals surface area contributed by atoms with E-state index in [0.717, 1.165) is 26.9 Å². The summed E-state index contributed by atoms with van der Waals surface area (Å²) < 4.78 is 0.943. The number of benzene rings is 2. The van der Waals surface area contributed by atoms with Gasteiger partial charge < -0.3 is 10.2 Å². The number of hydrogen-bond acceptors (Lipinski definition) is 2. The normalized spacial score (nSPS) is 17.3. The van der Waals surface area contributed by atoms with Gasteiger partial charge in [-0.2, -0.15) is 0 Å². The van der Waals surface area contributed by atoms with Crippen LogP contribution < -0.4 is 5.32 Å². The first-order valence-corrected chi connectivity index (χ1v) is 9.75. The minimum atomic E-state index is -0.267. The third-order valence-corrected chi connectivity index (χ3v) is 5.76. The van der Waals surface area contributed by atoms with Crippen molar-refractivity contribution in [2.45, 2.75) is 26.4 Å². The largest absolute Gasteiger partial charge is 0.351 e. The first-order valence-electron chi connectivity index (χ1n) is 8.17. The molecule has 0 saturated carbocycles. The van der Waals surface area contributed by atoms with Crippen molar-refractivity contribution in [3.63, 3.8) is 0 Å². The molecule has 3 rings (SSSR count). The van der Waals surface area contributed by atoms with Crippen molar-refractivity contribution < 1.29 is 4.79 Å². The zero-order valence-corrected chi connectivity index (χ0v) is 17.6. The molecule has 0 radical (unpaired) electrons. The molecule has 0 bridgehead atoms. The molecule has 1 heterocycles. The van der Waals surface area contributed by atoms with E-state index in [0.29, 0.717) is 16.7 Å². The number of thiocarbonyl (C=S) groups is 1. The highest BCUT2D eigenvalue weighted by atomic mass is 79.9. The van der Waals surface area contributed by atoms with E-state index in [1.165, 1.54) is 0 Å². The number of halogens is 2. The van der Waals surface area contributed by atoms with Gasteiger partial charge in [-0.15, -0.1) is 0 Å². The Balaban J connectivity index is 2.01. The molecule has 1 atom stereocenters. The summed E-state index contributed by atoms with van der Waals surface area (Å²) in [6, 6.07) is 15.2. The van der Waals surface area contributed by atoms with Crippen LogP contribution in [0.4, 0.5) is 0 Å². The lowest BCUT2D eigenvalue weighted by Gasteiger charge is -2.38. The Bertz CT molecular complexity index is 895. The van der Waals surface area contributed by atoms with Crippen molar-refractivity contribution >= 4 is 50.6 Å². The van der Waals surface area contributed by atoms with Gasteiger partial charge >= 0.3 is 0 Å². The molecular formula is C20H18BrClN2OS. The van der Waals surface area contributed by atoms with Crippen LogP contribution >= 0.6 is 39.7 Å². The lowest BCUT2D eigenvalue weighted by atomic mass is 9.92. The molecule has 3 nitrogen and oxygen atoms in total. The van der Waals surface area contributed by atoms with E-state index in [4.69, 9.17) is 23.8 Å². The molecular weight excluding hydrogens is 432 g/mol. The Labute approximate surface area is 172 Å². The van der Waals surface area contributed by atoms with Crippen molar-refractivity contribution in [1.29, 1.82) is 0 Å². The van der Waals surface area contributed by atoms with Gasteiger partial charge in [0.25, 0.3) is 0 Å². The van der Waals surface area contributed by atoms with Gasteiger partial charge in [-0.1, -0.05) is 57.9 Å². The van der Waals surface area contributed by atoms with Gasteiger partial charge in [0.1, 0.15) is 0 Å². The van der Waals surface area contributed by atoms with Gasteiger partial charge in [0, 0.05) is 27.3 Å². The number of rotatable bonds is 4. The second kappa shape index (κ2) is 7.91. The van der Waals surface area contributed by atoms with Crippen LogP contribution in [0.3, 0.4) is 0 Å². The van der Waals surface area contributed by atoms with E-state index in [-0.39, 0.29) is 11.8 Å². The SMILES string of the molecule is CC(=O)C1=C(C)N(Cc2ccc(Cl)cc2)C(=S)NC1c1ccccc1Br. The fourth-order valence-electron chi connectivity index (χ4n) is 3.14. The highest BCUT2D eigenvalue weighted by molar-refractivity contribution is 9.10. The molecule has 6 heteroatoms. The van der Waals surface area contributed by atoms with Crippen LogP contribution in [0.15, 0.2) is 64.3 Å². The van der Waals surface area contributed by atoms with Crippen LogP contribution in [0.1, 0.15) is 31.0 Å². The first-order chi connectivity index (χ1) is 12.4. The summed E-state index contributed by atoms with van der Waals surface area (Å²) in [6.07, 6.45) is 0. The molecule has 2 aromatic carbocycles. The molecule has 0 spiro atoms. The number of allylic oxidation sites excluding steroid dienone is 1. The third kappa shape index (κ3) is 3.85. The summed E-state index contributed by atoms with van der Waals surface area (Å²) >= 11 is 15.2. The van der Waals surface area contributed by atoms with Gasteiger partial charge in [0.2, 0.25) is 0 Å². The van der Waals surface area contributed by atoms with Gasteiger partial charge in [-0.25, -0.2) is 0 Å². The van der Waals surface area contributed by atoms with Gasteiger partial charge in [-0.3, -0.25) is 4.79 Å². The van der Waals surface area contributed by atoms with E-state index >= 15 is 0 Å². The number of carbonyl (C=O) groups is 1. The van der Waals surface area contributed by atoms with E-state index in [9.17, 15) is 4.79 Å². The smallest absolute Gasteiger partial charge is 0.174 e. The average Bonchev–Trinajstić information content (AvgIpc) is 2.59. The predicted octanol–water partition coefficient (Wildman–Crippen LogP) is 5.40. The standard InChI is InChI=1S/C20H18BrClN2OS/c1-12-18(13(2)25)19(16-5-3-4-6-17(16)21)23-20(26)24(12)11-14-7-9-15(22)10-8-14/h3-10,19H,11H2,1-2H3,(H,23,26). The zero-order valence-electron chi connectivity index (χ0n) is 14.4. The Morgan fingerprint density at radius 3 is 2.50 bits per heavy atom. The number of ketones is 1. The van der Waals surface area contributed by atoms with E-state index in [2.05, 4.69) is 21.2 Å². The van der Waals surface area contributed by atoms with E-state index in [1.807, 2.05) is 60.4 Å². The number of carbonyl (C=O) groups excluding carboxylic acids is 1. The number of Topliss-reactive ketones (excluding diaryl/α,β-unsaturated/α-hetero) is 1. The minimum Gasteiger partial charge on any atom is -0.351 e. The van der Waals surface area contributed by atoms with E-state index in [1.54, 1.807) is 6.92 Å². The molecule has 26 heavy (non-hydrogen) atoms. The summed E-state index contributed by atoms with van der Waals surface area (Å²) in [6.45, 7) is 4.12. The maximum atomic E-state index is 12.5. The lowest BCUT2D eigenvalue weighted by molar-refractivity contribution is -0.114. The fourth-order valence-corrected chi connectivity index (χ4v) is 4.10. The highest BCUT2D eigenvalue weighted by Gasteiger charge is 2.33. The average molecular weight is 450 g/mol. The molecule has 0 aliphatic carbocycles. The van der Waals surface area contributed by atoms with Crippen LogP contribution in [-0.4, -0.2) is 15.8 Å². The number of hydrogen-bond donors (Lipinski definition) is 1. The Morgan fingerprint density at radius 2 is 1.88 bits per heavy atom. The summed E-state index contributed by atoms with van der Waals surface area (Å²) in [5, 5.41) is 4.63. The van der Waals surface area contributed by atoms with Crippen molar-refractivity contribution in [2.24, 2.45) is 0 Å². The first kappa shape index (κ1) is 19.1. The summed E-state index contributed by atoms with van der Waals surface area (Å²) in [5.74, 6) is 0.0272. The summed E-state index contributed by atoms with van der Waals surface area (Å²) in [5.41, 5.74) is 3.65. The van der Waals surface area contributed by atoms with Crippen LogP contribution in [-0.2, 0) is 11.3 Å². The molecule has 0 saturated heterocycles. The number of nitrogens with zero attached hydrogens (tertiary/aromatic N) is 1. The monoisotopic (exact) mass is 448 g/mol. The zero-order chi connectivity index (χ0) is 18.8. The molecule has 1 unspecified atom stereocenters. The molecule has 1 aliphatic heterocycles. The predicted molar refractivity (Wildman–Crippen MR) is 113 cm³/mol. The van der Waals surface area contributed by atoms with Gasteiger partial charge in [-0.05, 0) is 55.4 Å². The summed E-state index contributed by atoms with van der Waals surface area (Å²) in [7, 11) is 0. The summed E-state index contributed by atoms with van der Waals surface area (Å²) in [4.78, 5) is 14.4. The molecule has 134 valence electrons. The fraction of sp³-hybridized carbons (Fsp3) is 0.200. The maximum Gasteiger partial charge on any atom is 0.174 e. The van der Waals surface area contributed by atoms with Crippen LogP contribution in [0.2, 0.25) is 5.02 Å². The van der Waals surface area contributed by atoms with Crippen LogP contribution in [0, 0.1) is 0 Å². The highest BCUT2D eigenvalue weighted by Crippen LogP contribution is 2.35. The Morgan fingerprint density at radius 1 is 1.23 bits per heavy atom. The minimum absolute atomic E-state index is 0.0272. The van der Waals surface area contributed by atoms with Crippen molar-refractivity contribution in [2.75, 3.05) is 0 Å². The quantitative estimate of drug-likeness (QED) is 0.634. The molecule has 0 amide bonds. The van der Waals surface area contributed by atoms with Crippen molar-refractivity contribution in [1.82, 2.24) is 10.2 Å². The van der Waals surface area contributed by atoms with Crippen LogP contribution in [0.5, 0.6) is 0 Å². The van der Waals surface area contributed by atoms with Crippen molar-refractivity contribution in [3.05, 3.63) is 80.4 Å². The second-order valence-electron chi connectivity index (χ2n) is 6.17. The topological polar surface area (TPSA) is 32.3 Å². The molecule has 2 aromatic rings. The van der Waals surface area contributed by atoms with Crippen molar-refractivity contribution in [3.8, 4) is 0 Å². The Hall–Kier alpha value is -1.69. The maximum absolute atomic E-state index is 12.5. The van der Waals surface area contributed by atoms with E-state index < -0.39 is 0 Å². The molecule has 1 N–H and O–H groups in total. The molecule has 0 aromatic heterocycles. The molecule has 1 aliphatic rings. The Kier molecular flexibility index (Phi) is 5.80. The number of nitrogens with one attached hydrogen (secondary N) is 1. The van der Waals surface area contributed by atoms with Crippen LogP contribution in [0.25, 0.3) is 0 Å².